The van der Waals surface area contributed by atoms with Crippen LogP contribution in [0.15, 0.2) is 65.8 Å². The van der Waals surface area contributed by atoms with Crippen LogP contribution in [-0.4, -0.2) is 34.7 Å². The topological polar surface area (TPSA) is 84.1 Å². The summed E-state index contributed by atoms with van der Waals surface area (Å²) >= 11 is 3.04. The first-order valence-corrected chi connectivity index (χ1v) is 15.4. The monoisotopic (exact) mass is 573 g/mol. The first-order chi connectivity index (χ1) is 19.2. The number of aromatic nitrogens is 2. The second-order valence-electron chi connectivity index (χ2n) is 11.1. The fourth-order valence-electron chi connectivity index (χ4n) is 5.20. The van der Waals surface area contributed by atoms with Gasteiger partial charge in [-0.05, 0) is 36.2 Å². The number of carbonyl (C=O) groups is 2. The van der Waals surface area contributed by atoms with Crippen molar-refractivity contribution in [2.24, 2.45) is 11.3 Å². The number of anilines is 1. The Bertz CT molecular complexity index is 1430. The number of aromatic amines is 1. The number of hydrogen-bond acceptors (Lipinski definition) is 6. The summed E-state index contributed by atoms with van der Waals surface area (Å²) in [6.07, 6.45) is 3.07. The van der Waals surface area contributed by atoms with Crippen LogP contribution in [0.25, 0.3) is 22.5 Å². The van der Waals surface area contributed by atoms with E-state index in [4.69, 9.17) is 9.72 Å². The molecule has 0 aliphatic heterocycles. The van der Waals surface area contributed by atoms with Crippen molar-refractivity contribution in [3.8, 4) is 22.5 Å². The van der Waals surface area contributed by atoms with Crippen molar-refractivity contribution in [1.29, 1.82) is 0 Å². The number of hydrogen-bond donors (Lipinski definition) is 2. The molecule has 1 aliphatic rings. The quantitative estimate of drug-likeness (QED) is 0.166. The van der Waals surface area contributed by atoms with Gasteiger partial charge in [0.05, 0.1) is 24.1 Å². The summed E-state index contributed by atoms with van der Waals surface area (Å²) in [5, 5.41) is 4.40. The van der Waals surface area contributed by atoms with Gasteiger partial charge in [0.1, 0.15) is 5.00 Å². The van der Waals surface area contributed by atoms with Crippen LogP contribution < -0.4 is 5.32 Å². The van der Waals surface area contributed by atoms with Crippen molar-refractivity contribution in [3.63, 3.8) is 0 Å². The second-order valence-corrected chi connectivity index (χ2v) is 13.3. The van der Waals surface area contributed by atoms with E-state index < -0.39 is 0 Å². The van der Waals surface area contributed by atoms with Gasteiger partial charge in [-0.3, -0.25) is 4.79 Å². The first-order valence-electron chi connectivity index (χ1n) is 13.6. The third-order valence-electron chi connectivity index (χ3n) is 7.49. The standard InChI is InChI=1S/C32H35N3O3S2/c1-32(2,3)22-15-16-23-24(19-22)40-29(26(23)30(37)38-4)33-25(36)17-18-39-31-34-27(20-11-7-5-8-12-20)28(35-31)21-13-9-6-10-14-21/h5-14,22H,15-19H2,1-4H3,(H,33,36)(H,34,35). The Morgan fingerprint density at radius 2 is 1.75 bits per heavy atom. The molecule has 1 aliphatic carbocycles. The lowest BCUT2D eigenvalue weighted by Crippen LogP contribution is -2.26. The molecule has 1 atom stereocenters. The minimum Gasteiger partial charge on any atom is -0.465 e. The Morgan fingerprint density at radius 3 is 2.40 bits per heavy atom. The Kier molecular flexibility index (Phi) is 8.47. The summed E-state index contributed by atoms with van der Waals surface area (Å²) in [4.78, 5) is 35.3. The van der Waals surface area contributed by atoms with Crippen LogP contribution >= 0.6 is 23.1 Å². The molecule has 0 radical (unpaired) electrons. The van der Waals surface area contributed by atoms with Crippen LogP contribution in [0.3, 0.4) is 0 Å². The molecule has 6 nitrogen and oxygen atoms in total. The van der Waals surface area contributed by atoms with Crippen molar-refractivity contribution >= 4 is 40.0 Å². The first kappa shape index (κ1) is 28.2. The molecule has 5 rings (SSSR count). The van der Waals surface area contributed by atoms with E-state index in [1.165, 1.54) is 35.1 Å². The number of methoxy groups -OCH3 is 1. The van der Waals surface area contributed by atoms with Crippen LogP contribution in [0.2, 0.25) is 0 Å². The largest absolute Gasteiger partial charge is 0.465 e. The average molecular weight is 574 g/mol. The SMILES string of the molecule is COC(=O)c1c(NC(=O)CCSc2nc(-c3ccccc3)c(-c3ccccc3)[nH]2)sc2c1CCC(C(C)(C)C)C2. The molecule has 2 heterocycles. The number of H-pyrrole nitrogens is 1. The maximum Gasteiger partial charge on any atom is 0.341 e. The highest BCUT2D eigenvalue weighted by molar-refractivity contribution is 7.99. The molecule has 8 heteroatoms. The number of imidazole rings is 1. The summed E-state index contributed by atoms with van der Waals surface area (Å²) in [6.45, 7) is 6.80. The molecular weight excluding hydrogens is 539 g/mol. The number of rotatable bonds is 8. The molecule has 2 aromatic heterocycles. The third-order valence-corrected chi connectivity index (χ3v) is 9.54. The van der Waals surface area contributed by atoms with Crippen LogP contribution in [0.5, 0.6) is 0 Å². The van der Waals surface area contributed by atoms with E-state index in [2.05, 4.69) is 43.2 Å². The van der Waals surface area contributed by atoms with Gasteiger partial charge < -0.3 is 15.0 Å². The van der Waals surface area contributed by atoms with Crippen molar-refractivity contribution in [2.45, 2.75) is 51.6 Å². The van der Waals surface area contributed by atoms with E-state index >= 15 is 0 Å². The van der Waals surface area contributed by atoms with Crippen molar-refractivity contribution in [2.75, 3.05) is 18.2 Å². The molecule has 0 fully saturated rings. The minimum absolute atomic E-state index is 0.123. The van der Waals surface area contributed by atoms with Crippen molar-refractivity contribution < 1.29 is 14.3 Å². The molecule has 1 unspecified atom stereocenters. The highest BCUT2D eigenvalue weighted by Gasteiger charge is 2.34. The predicted molar refractivity (Wildman–Crippen MR) is 164 cm³/mol. The van der Waals surface area contributed by atoms with E-state index in [-0.39, 0.29) is 17.3 Å². The van der Waals surface area contributed by atoms with Crippen molar-refractivity contribution in [3.05, 3.63) is 76.7 Å². The predicted octanol–water partition coefficient (Wildman–Crippen LogP) is 7.86. The number of carbonyl (C=O) groups excluding carboxylic acids is 2. The maximum atomic E-state index is 13.0. The van der Waals surface area contributed by atoms with E-state index in [0.29, 0.717) is 28.7 Å². The lowest BCUT2D eigenvalue weighted by molar-refractivity contribution is -0.115. The fourth-order valence-corrected chi connectivity index (χ4v) is 7.34. The zero-order chi connectivity index (χ0) is 28.3. The lowest BCUT2D eigenvalue weighted by atomic mass is 9.72. The molecule has 0 saturated heterocycles. The molecule has 208 valence electrons. The van der Waals surface area contributed by atoms with E-state index in [9.17, 15) is 9.59 Å². The normalized spacial score (nSPS) is 14.9. The highest BCUT2D eigenvalue weighted by atomic mass is 32.2. The number of nitrogens with zero attached hydrogens (tertiary/aromatic N) is 1. The molecule has 0 bridgehead atoms. The molecule has 40 heavy (non-hydrogen) atoms. The highest BCUT2D eigenvalue weighted by Crippen LogP contribution is 2.44. The summed E-state index contributed by atoms with van der Waals surface area (Å²) < 4.78 is 5.10. The Morgan fingerprint density at radius 1 is 1.07 bits per heavy atom. The van der Waals surface area contributed by atoms with E-state index in [1.807, 2.05) is 48.5 Å². The number of nitrogens with one attached hydrogen (secondary N) is 2. The van der Waals surface area contributed by atoms with Gasteiger partial charge in [0.25, 0.3) is 0 Å². The minimum atomic E-state index is -0.381. The maximum absolute atomic E-state index is 13.0. The number of amides is 1. The Balaban J connectivity index is 1.28. The molecule has 2 N–H and O–H groups in total. The van der Waals surface area contributed by atoms with Crippen LogP contribution in [0.4, 0.5) is 5.00 Å². The number of thiophene rings is 1. The van der Waals surface area contributed by atoms with E-state index in [1.54, 1.807) is 0 Å². The Hall–Kier alpha value is -3.36. The van der Waals surface area contributed by atoms with Crippen LogP contribution in [0, 0.1) is 11.3 Å². The second kappa shape index (κ2) is 12.0. The van der Waals surface area contributed by atoms with Gasteiger partial charge in [-0.15, -0.1) is 11.3 Å². The summed E-state index contributed by atoms with van der Waals surface area (Å²) in [7, 11) is 1.40. The van der Waals surface area contributed by atoms with Gasteiger partial charge in [0.2, 0.25) is 5.91 Å². The molecule has 0 spiro atoms. The van der Waals surface area contributed by atoms with Crippen LogP contribution in [0.1, 0.15) is 54.4 Å². The molecule has 1 amide bonds. The van der Waals surface area contributed by atoms with Gasteiger partial charge in [0, 0.05) is 28.2 Å². The molecule has 0 saturated carbocycles. The molecular formula is C32H35N3O3S2. The number of fused-ring (bicyclic) bond motifs is 1. The molecule has 4 aromatic rings. The third kappa shape index (κ3) is 6.18. The van der Waals surface area contributed by atoms with Gasteiger partial charge in [-0.1, -0.05) is 93.2 Å². The molecule has 2 aromatic carbocycles. The smallest absolute Gasteiger partial charge is 0.341 e. The van der Waals surface area contributed by atoms with Crippen LogP contribution in [-0.2, 0) is 22.4 Å². The number of esters is 1. The van der Waals surface area contributed by atoms with Gasteiger partial charge in [0.15, 0.2) is 5.16 Å². The number of benzene rings is 2. The number of thioether (sulfide) groups is 1. The summed E-state index contributed by atoms with van der Waals surface area (Å²) in [5.41, 5.74) is 5.71. The van der Waals surface area contributed by atoms with Gasteiger partial charge >= 0.3 is 5.97 Å². The fraction of sp³-hybridized carbons (Fsp3) is 0.344. The van der Waals surface area contributed by atoms with Crippen molar-refractivity contribution in [1.82, 2.24) is 9.97 Å². The van der Waals surface area contributed by atoms with Gasteiger partial charge in [-0.2, -0.15) is 0 Å². The van der Waals surface area contributed by atoms with Gasteiger partial charge in [-0.25, -0.2) is 9.78 Å². The summed E-state index contributed by atoms with van der Waals surface area (Å²) in [5.74, 6) is 0.585. The zero-order valence-corrected chi connectivity index (χ0v) is 25.0. The number of ether oxygens (including phenoxy) is 1. The lowest BCUT2D eigenvalue weighted by Gasteiger charge is -2.33. The van der Waals surface area contributed by atoms with E-state index in [0.717, 1.165) is 52.5 Å². The Labute approximate surface area is 244 Å². The summed E-state index contributed by atoms with van der Waals surface area (Å²) in [6, 6.07) is 20.2. The average Bonchev–Trinajstić information content (AvgIpc) is 3.54. The zero-order valence-electron chi connectivity index (χ0n) is 23.4.